The summed E-state index contributed by atoms with van der Waals surface area (Å²) >= 11 is 0. The first-order chi connectivity index (χ1) is 14.2. The number of primary amides is 1. The average molecular weight is 417 g/mol. The topological polar surface area (TPSA) is 112 Å². The van der Waals surface area contributed by atoms with Crippen LogP contribution in [-0.2, 0) is 17.9 Å². The number of hydrogen-bond donors (Lipinski definition) is 1. The van der Waals surface area contributed by atoms with Crippen molar-refractivity contribution < 1.29 is 18.4 Å². The van der Waals surface area contributed by atoms with E-state index in [-0.39, 0.29) is 23.8 Å². The van der Waals surface area contributed by atoms with Crippen LogP contribution in [0.25, 0.3) is 0 Å². The minimum Gasteiger partial charge on any atom is -0.363 e. The van der Waals surface area contributed by atoms with Crippen LogP contribution in [0.3, 0.4) is 0 Å². The Morgan fingerprint density at radius 2 is 2.00 bits per heavy atom. The summed E-state index contributed by atoms with van der Waals surface area (Å²) in [6, 6.07) is 5.05. The van der Waals surface area contributed by atoms with E-state index < -0.39 is 17.5 Å². The molecule has 0 radical (unpaired) electrons. The summed E-state index contributed by atoms with van der Waals surface area (Å²) < 4.78 is 29.3. The Morgan fingerprint density at radius 1 is 1.23 bits per heavy atom. The largest absolute Gasteiger partial charge is 0.363 e. The second-order valence-corrected chi connectivity index (χ2v) is 6.79. The first-order valence-electron chi connectivity index (χ1n) is 9.19. The molecule has 3 aromatic rings. The summed E-state index contributed by atoms with van der Waals surface area (Å²) in [5.41, 5.74) is 6.05. The molecular formula is C19H21F2N7O2. The lowest BCUT2D eigenvalue weighted by Gasteiger charge is -2.13. The summed E-state index contributed by atoms with van der Waals surface area (Å²) in [4.78, 5) is 27.5. The van der Waals surface area contributed by atoms with Gasteiger partial charge in [-0.2, -0.15) is 5.10 Å². The number of aryl methyl sites for hydroxylation is 2. The zero-order valence-electron chi connectivity index (χ0n) is 16.5. The molecule has 0 atom stereocenters. The third-order valence-corrected chi connectivity index (χ3v) is 4.46. The van der Waals surface area contributed by atoms with E-state index in [1.54, 1.807) is 11.9 Å². The molecule has 0 bridgehead atoms. The summed E-state index contributed by atoms with van der Waals surface area (Å²) in [6.07, 6.45) is 2.74. The number of carbonyl (C=O) groups is 2. The molecule has 0 fully saturated rings. The van der Waals surface area contributed by atoms with Crippen LogP contribution in [0, 0.1) is 18.6 Å². The molecule has 0 spiro atoms. The lowest BCUT2D eigenvalue weighted by Crippen LogP contribution is -2.25. The van der Waals surface area contributed by atoms with Crippen molar-refractivity contribution in [2.24, 2.45) is 5.73 Å². The third kappa shape index (κ3) is 4.85. The Morgan fingerprint density at radius 3 is 2.70 bits per heavy atom. The molecular weight excluding hydrogens is 396 g/mol. The van der Waals surface area contributed by atoms with Gasteiger partial charge in [0.25, 0.3) is 5.91 Å². The normalized spacial score (nSPS) is 13.3. The van der Waals surface area contributed by atoms with Crippen LogP contribution in [0.5, 0.6) is 0 Å². The van der Waals surface area contributed by atoms with E-state index in [1.807, 2.05) is 17.7 Å². The van der Waals surface area contributed by atoms with Crippen LogP contribution in [0.4, 0.5) is 14.6 Å². The predicted octanol–water partition coefficient (Wildman–Crippen LogP) is 1.65. The fourth-order valence-electron chi connectivity index (χ4n) is 2.96. The van der Waals surface area contributed by atoms with Gasteiger partial charge in [0.15, 0.2) is 0 Å². The van der Waals surface area contributed by atoms with Crippen molar-refractivity contribution in [2.45, 2.75) is 32.9 Å². The average Bonchev–Trinajstić information content (AvgIpc) is 3.28. The van der Waals surface area contributed by atoms with Crippen molar-refractivity contribution in [2.75, 3.05) is 11.9 Å². The number of nitrogens with zero attached hydrogens (tertiary/aromatic N) is 6. The van der Waals surface area contributed by atoms with E-state index in [0.717, 1.165) is 42.7 Å². The Labute approximate surface area is 171 Å². The van der Waals surface area contributed by atoms with Crippen molar-refractivity contribution in [3.05, 3.63) is 59.3 Å². The maximum Gasteiger partial charge on any atom is 0.288 e. The van der Waals surface area contributed by atoms with Gasteiger partial charge in [-0.3, -0.25) is 9.59 Å². The van der Waals surface area contributed by atoms with Crippen LogP contribution in [0.15, 0.2) is 30.6 Å². The van der Waals surface area contributed by atoms with Crippen molar-refractivity contribution >= 4 is 17.6 Å². The first-order valence-corrected chi connectivity index (χ1v) is 9.19. The predicted molar refractivity (Wildman–Crippen MR) is 104 cm³/mol. The minimum absolute atomic E-state index is 0.0239. The van der Waals surface area contributed by atoms with Gasteiger partial charge in [0.05, 0.1) is 12.2 Å². The maximum atomic E-state index is 13.3. The second-order valence-electron chi connectivity index (χ2n) is 6.79. The van der Waals surface area contributed by atoms with Gasteiger partial charge < -0.3 is 10.6 Å². The van der Waals surface area contributed by atoms with E-state index >= 15 is 0 Å². The van der Waals surface area contributed by atoms with Crippen LogP contribution in [0.2, 0.25) is 0 Å². The highest BCUT2D eigenvalue weighted by molar-refractivity contribution is 5.92. The van der Waals surface area contributed by atoms with Crippen LogP contribution in [-0.4, -0.2) is 43.4 Å². The van der Waals surface area contributed by atoms with E-state index in [4.69, 9.17) is 5.73 Å². The number of fused-ring (bicyclic) bond motifs is 1. The zero-order chi connectivity index (χ0) is 21.8. The molecule has 3 heterocycles. The third-order valence-electron chi connectivity index (χ3n) is 4.46. The number of aromatic nitrogens is 5. The van der Waals surface area contributed by atoms with Gasteiger partial charge in [-0.1, -0.05) is 0 Å². The lowest BCUT2D eigenvalue weighted by atomic mass is 10.2. The molecule has 158 valence electrons. The number of carbonyl (C=O) groups excluding carboxylic acids is 2. The molecule has 0 aliphatic carbocycles. The number of amides is 2. The van der Waals surface area contributed by atoms with Crippen LogP contribution >= 0.6 is 0 Å². The van der Waals surface area contributed by atoms with E-state index in [2.05, 4.69) is 15.2 Å². The molecule has 2 aromatic heterocycles. The lowest BCUT2D eigenvalue weighted by molar-refractivity contribution is -0.118. The second kappa shape index (κ2) is 8.80. The van der Waals surface area contributed by atoms with Crippen molar-refractivity contribution in [3.63, 3.8) is 0 Å². The van der Waals surface area contributed by atoms with Gasteiger partial charge in [0.1, 0.15) is 23.8 Å². The van der Waals surface area contributed by atoms with E-state index in [1.165, 1.54) is 11.0 Å². The Kier molecular flexibility index (Phi) is 6.19. The SMILES string of the molecule is Cc1cc2n(n1)CCCC(=O)N2C.NC(=O)c1ncn(Cc2cc(F)ccc2F)n1. The Bertz CT molecular complexity index is 1080. The van der Waals surface area contributed by atoms with Gasteiger partial charge in [-0.25, -0.2) is 23.1 Å². The fourth-order valence-corrected chi connectivity index (χ4v) is 2.96. The quantitative estimate of drug-likeness (QED) is 0.696. The van der Waals surface area contributed by atoms with Crippen LogP contribution in [0.1, 0.15) is 34.7 Å². The smallest absolute Gasteiger partial charge is 0.288 e. The molecule has 2 amide bonds. The molecule has 1 aliphatic rings. The number of nitrogens with two attached hydrogens (primary N) is 1. The highest BCUT2D eigenvalue weighted by atomic mass is 19.1. The van der Waals surface area contributed by atoms with E-state index in [9.17, 15) is 18.4 Å². The number of halogens is 2. The van der Waals surface area contributed by atoms with Gasteiger partial charge in [-0.15, -0.1) is 5.10 Å². The fraction of sp³-hybridized carbons (Fsp3) is 0.316. The number of benzene rings is 1. The first kappa shape index (κ1) is 21.1. The molecule has 2 N–H and O–H groups in total. The maximum absolute atomic E-state index is 13.3. The van der Waals surface area contributed by atoms with E-state index in [0.29, 0.717) is 6.42 Å². The van der Waals surface area contributed by atoms with Crippen molar-refractivity contribution in [1.82, 2.24) is 24.5 Å². The molecule has 0 unspecified atom stereocenters. The number of hydrogen-bond acceptors (Lipinski definition) is 5. The highest BCUT2D eigenvalue weighted by Crippen LogP contribution is 2.20. The standard InChI is InChI=1S/C10H8F2N4O.C9H13N3O/c11-7-1-2-8(12)6(3-7)4-16-5-14-10(15-16)9(13)17;1-7-6-8-11(2)9(13)4-3-5-12(8)10-7/h1-3,5H,4H2,(H2,13,17);6H,3-5H2,1-2H3. The molecule has 11 heteroatoms. The molecule has 9 nitrogen and oxygen atoms in total. The molecule has 1 aliphatic heterocycles. The molecule has 0 saturated heterocycles. The number of anilines is 1. The van der Waals surface area contributed by atoms with Gasteiger partial charge >= 0.3 is 0 Å². The Hall–Kier alpha value is -3.63. The molecule has 0 saturated carbocycles. The minimum atomic E-state index is -0.775. The Balaban J connectivity index is 0.000000177. The molecule has 4 rings (SSSR count). The van der Waals surface area contributed by atoms with Crippen LogP contribution < -0.4 is 10.6 Å². The van der Waals surface area contributed by atoms with Gasteiger partial charge in [-0.05, 0) is 31.5 Å². The van der Waals surface area contributed by atoms with Gasteiger partial charge in [0, 0.05) is 31.6 Å². The molecule has 30 heavy (non-hydrogen) atoms. The number of rotatable bonds is 3. The zero-order valence-corrected chi connectivity index (χ0v) is 16.5. The summed E-state index contributed by atoms with van der Waals surface area (Å²) in [7, 11) is 1.81. The monoisotopic (exact) mass is 417 g/mol. The molecule has 1 aromatic carbocycles. The van der Waals surface area contributed by atoms with Crippen molar-refractivity contribution in [3.8, 4) is 0 Å². The van der Waals surface area contributed by atoms with Crippen molar-refractivity contribution in [1.29, 1.82) is 0 Å². The highest BCUT2D eigenvalue weighted by Gasteiger charge is 2.19. The summed E-state index contributed by atoms with van der Waals surface area (Å²) in [5, 5.41) is 8.04. The summed E-state index contributed by atoms with van der Waals surface area (Å²) in [6.45, 7) is 2.77. The summed E-state index contributed by atoms with van der Waals surface area (Å²) in [5.74, 6) is -0.942. The van der Waals surface area contributed by atoms with Gasteiger partial charge in [0.2, 0.25) is 11.7 Å².